The number of hydrogen-bond acceptors (Lipinski definition) is 3. The number of piperidine rings is 1. The van der Waals surface area contributed by atoms with Crippen LogP contribution in [0.4, 0.5) is 5.69 Å². The second-order valence-electron chi connectivity index (χ2n) is 5.63. The molecule has 2 aromatic rings. The number of carbonyl (C=O) groups is 1. The zero-order valence-corrected chi connectivity index (χ0v) is 13.6. The SMILES string of the molecule is CCC1CCCN(C(=O)c2sc3cccc(Cl)c3c2N)C1. The molecular weight excluding hydrogens is 304 g/mol. The molecule has 1 amide bonds. The van der Waals surface area contributed by atoms with E-state index in [2.05, 4.69) is 6.92 Å². The fourth-order valence-corrected chi connectivity index (χ4v) is 4.46. The number of carbonyl (C=O) groups excluding carboxylic acids is 1. The van der Waals surface area contributed by atoms with Gasteiger partial charge in [0.05, 0.1) is 10.7 Å². The summed E-state index contributed by atoms with van der Waals surface area (Å²) in [5, 5.41) is 1.43. The fourth-order valence-electron chi connectivity index (χ4n) is 3.01. The quantitative estimate of drug-likeness (QED) is 0.890. The molecule has 2 heterocycles. The molecule has 1 saturated heterocycles. The molecule has 3 rings (SSSR count). The van der Waals surface area contributed by atoms with E-state index >= 15 is 0 Å². The summed E-state index contributed by atoms with van der Waals surface area (Å²) < 4.78 is 0.979. The second-order valence-corrected chi connectivity index (χ2v) is 7.08. The third kappa shape index (κ3) is 2.62. The maximum atomic E-state index is 12.8. The maximum Gasteiger partial charge on any atom is 0.266 e. The number of likely N-dealkylation sites (tertiary alicyclic amines) is 1. The Hall–Kier alpha value is -1.26. The molecule has 112 valence electrons. The molecule has 0 bridgehead atoms. The number of fused-ring (bicyclic) bond motifs is 1. The lowest BCUT2D eigenvalue weighted by atomic mass is 9.95. The molecule has 1 aromatic heterocycles. The van der Waals surface area contributed by atoms with Crippen LogP contribution in [0.5, 0.6) is 0 Å². The minimum Gasteiger partial charge on any atom is -0.397 e. The minimum atomic E-state index is 0.0583. The van der Waals surface area contributed by atoms with Crippen LogP contribution in [0.15, 0.2) is 18.2 Å². The number of benzene rings is 1. The summed E-state index contributed by atoms with van der Waals surface area (Å²) in [5.41, 5.74) is 6.72. The van der Waals surface area contributed by atoms with Crippen LogP contribution in [0.1, 0.15) is 35.9 Å². The van der Waals surface area contributed by atoms with Crippen molar-refractivity contribution in [1.82, 2.24) is 4.90 Å². The number of nitrogen functional groups attached to an aromatic ring is 1. The average molecular weight is 323 g/mol. The van der Waals surface area contributed by atoms with Crippen LogP contribution in [-0.2, 0) is 0 Å². The van der Waals surface area contributed by atoms with Crippen molar-refractivity contribution in [2.45, 2.75) is 26.2 Å². The highest BCUT2D eigenvalue weighted by Crippen LogP contribution is 2.39. The highest BCUT2D eigenvalue weighted by Gasteiger charge is 2.27. The van der Waals surface area contributed by atoms with Gasteiger partial charge < -0.3 is 10.6 Å². The third-order valence-corrected chi connectivity index (χ3v) is 5.75. The Labute approximate surface area is 133 Å². The number of halogens is 1. The van der Waals surface area contributed by atoms with E-state index < -0.39 is 0 Å². The van der Waals surface area contributed by atoms with Gasteiger partial charge in [0, 0.05) is 23.2 Å². The molecular formula is C16H19ClN2OS. The molecule has 1 aromatic carbocycles. The first-order valence-corrected chi connectivity index (χ1v) is 8.57. The molecule has 0 radical (unpaired) electrons. The van der Waals surface area contributed by atoms with Crippen molar-refractivity contribution in [3.8, 4) is 0 Å². The molecule has 3 nitrogen and oxygen atoms in total. The van der Waals surface area contributed by atoms with Crippen LogP contribution in [0.2, 0.25) is 5.02 Å². The van der Waals surface area contributed by atoms with Crippen molar-refractivity contribution in [2.75, 3.05) is 18.8 Å². The van der Waals surface area contributed by atoms with Crippen LogP contribution < -0.4 is 5.73 Å². The Morgan fingerprint density at radius 3 is 3.05 bits per heavy atom. The van der Waals surface area contributed by atoms with Gasteiger partial charge in [0.2, 0.25) is 0 Å². The number of hydrogen-bond donors (Lipinski definition) is 1. The summed E-state index contributed by atoms with van der Waals surface area (Å²) >= 11 is 7.66. The van der Waals surface area contributed by atoms with Gasteiger partial charge in [-0.25, -0.2) is 0 Å². The van der Waals surface area contributed by atoms with E-state index in [0.717, 1.165) is 36.0 Å². The number of nitrogens with two attached hydrogens (primary N) is 1. The molecule has 1 unspecified atom stereocenters. The molecule has 0 saturated carbocycles. The smallest absolute Gasteiger partial charge is 0.266 e. The standard InChI is InChI=1S/C16H19ClN2OS/c1-2-10-5-4-8-19(9-10)16(20)15-14(18)13-11(17)6-3-7-12(13)21-15/h3,6-7,10H,2,4-5,8-9,18H2,1H3. The first-order chi connectivity index (χ1) is 10.1. The zero-order valence-electron chi connectivity index (χ0n) is 12.1. The second kappa shape index (κ2) is 5.85. The van der Waals surface area contributed by atoms with Crippen LogP contribution in [-0.4, -0.2) is 23.9 Å². The number of anilines is 1. The number of rotatable bonds is 2. The van der Waals surface area contributed by atoms with Gasteiger partial charge in [0.25, 0.3) is 5.91 Å². The van der Waals surface area contributed by atoms with Gasteiger partial charge in [-0.1, -0.05) is 31.0 Å². The Morgan fingerprint density at radius 1 is 1.52 bits per heavy atom. The number of amides is 1. The predicted octanol–water partition coefficient (Wildman–Crippen LogP) is 4.40. The molecule has 0 spiro atoms. The van der Waals surface area contributed by atoms with Crippen molar-refractivity contribution in [3.63, 3.8) is 0 Å². The topological polar surface area (TPSA) is 46.3 Å². The average Bonchev–Trinajstić information content (AvgIpc) is 2.85. The van der Waals surface area contributed by atoms with E-state index in [9.17, 15) is 4.79 Å². The Kier molecular flexibility index (Phi) is 4.09. The van der Waals surface area contributed by atoms with Crippen molar-refractivity contribution in [3.05, 3.63) is 28.1 Å². The Balaban J connectivity index is 1.95. The van der Waals surface area contributed by atoms with Crippen molar-refractivity contribution in [2.24, 2.45) is 5.92 Å². The summed E-state index contributed by atoms with van der Waals surface area (Å²) in [5.74, 6) is 0.671. The molecule has 21 heavy (non-hydrogen) atoms. The first kappa shape index (κ1) is 14.7. The van der Waals surface area contributed by atoms with Crippen LogP contribution >= 0.6 is 22.9 Å². The van der Waals surface area contributed by atoms with E-state index in [4.69, 9.17) is 17.3 Å². The van der Waals surface area contributed by atoms with Gasteiger partial charge in [0.1, 0.15) is 4.88 Å². The monoisotopic (exact) mass is 322 g/mol. The lowest BCUT2D eigenvalue weighted by Crippen LogP contribution is -2.39. The molecule has 2 N–H and O–H groups in total. The van der Waals surface area contributed by atoms with E-state index in [0.29, 0.717) is 21.5 Å². The molecule has 0 aliphatic carbocycles. The Bertz CT molecular complexity index is 682. The van der Waals surface area contributed by atoms with Gasteiger partial charge in [-0.2, -0.15) is 0 Å². The van der Waals surface area contributed by atoms with E-state index in [1.54, 1.807) is 0 Å². The van der Waals surface area contributed by atoms with E-state index in [1.807, 2.05) is 23.1 Å². The molecule has 5 heteroatoms. The summed E-state index contributed by atoms with van der Waals surface area (Å²) in [6.07, 6.45) is 3.42. The van der Waals surface area contributed by atoms with Crippen LogP contribution in [0, 0.1) is 5.92 Å². The van der Waals surface area contributed by atoms with Gasteiger partial charge in [-0.3, -0.25) is 4.79 Å². The molecule has 1 atom stereocenters. The third-order valence-electron chi connectivity index (χ3n) is 4.28. The summed E-state index contributed by atoms with van der Waals surface area (Å²) in [4.78, 5) is 15.4. The summed E-state index contributed by atoms with van der Waals surface area (Å²) in [7, 11) is 0. The predicted molar refractivity (Wildman–Crippen MR) is 90.2 cm³/mol. The van der Waals surface area contributed by atoms with E-state index in [-0.39, 0.29) is 5.91 Å². The highest BCUT2D eigenvalue weighted by molar-refractivity contribution is 7.21. The van der Waals surface area contributed by atoms with Crippen molar-refractivity contribution >= 4 is 44.6 Å². The normalized spacial score (nSPS) is 19.1. The maximum absolute atomic E-state index is 12.8. The highest BCUT2D eigenvalue weighted by atomic mass is 35.5. The molecule has 1 aliphatic rings. The van der Waals surface area contributed by atoms with Crippen LogP contribution in [0.25, 0.3) is 10.1 Å². The fraction of sp³-hybridized carbons (Fsp3) is 0.438. The lowest BCUT2D eigenvalue weighted by molar-refractivity contribution is 0.0677. The summed E-state index contributed by atoms with van der Waals surface area (Å²) in [6, 6.07) is 5.67. The Morgan fingerprint density at radius 2 is 2.33 bits per heavy atom. The van der Waals surface area contributed by atoms with Crippen LogP contribution in [0.3, 0.4) is 0 Å². The first-order valence-electron chi connectivity index (χ1n) is 7.37. The molecule has 1 fully saturated rings. The zero-order chi connectivity index (χ0) is 15.0. The van der Waals surface area contributed by atoms with Gasteiger partial charge in [-0.05, 0) is 30.9 Å². The number of nitrogens with zero attached hydrogens (tertiary/aromatic N) is 1. The van der Waals surface area contributed by atoms with Gasteiger partial charge in [-0.15, -0.1) is 11.3 Å². The van der Waals surface area contributed by atoms with Crippen molar-refractivity contribution < 1.29 is 4.79 Å². The van der Waals surface area contributed by atoms with Gasteiger partial charge in [0.15, 0.2) is 0 Å². The minimum absolute atomic E-state index is 0.0583. The molecule has 1 aliphatic heterocycles. The largest absolute Gasteiger partial charge is 0.397 e. The lowest BCUT2D eigenvalue weighted by Gasteiger charge is -2.32. The number of thiophene rings is 1. The summed E-state index contributed by atoms with van der Waals surface area (Å²) in [6.45, 7) is 3.86. The van der Waals surface area contributed by atoms with Gasteiger partial charge >= 0.3 is 0 Å². The van der Waals surface area contributed by atoms with E-state index in [1.165, 1.54) is 17.8 Å². The van der Waals surface area contributed by atoms with Crippen molar-refractivity contribution in [1.29, 1.82) is 0 Å².